The summed E-state index contributed by atoms with van der Waals surface area (Å²) in [6.45, 7) is 2.09. The molecule has 0 atom stereocenters. The minimum absolute atomic E-state index is 0.234. The van der Waals surface area contributed by atoms with Crippen LogP contribution in [0.5, 0.6) is 0 Å². The van der Waals surface area contributed by atoms with Crippen molar-refractivity contribution in [2.45, 2.75) is 6.92 Å². The Labute approximate surface area is 82.7 Å². The zero-order valence-electron chi connectivity index (χ0n) is 8.52. The summed E-state index contributed by atoms with van der Waals surface area (Å²) < 4.78 is 4.80. The molecular weight excluding hydrogens is 182 g/mol. The molecule has 0 unspecified atom stereocenters. The fraction of sp³-hybridized carbons (Fsp3) is 0.444. The van der Waals surface area contributed by atoms with E-state index in [4.69, 9.17) is 4.74 Å². The van der Waals surface area contributed by atoms with Crippen LogP contribution in [0.4, 0.5) is 5.82 Å². The van der Waals surface area contributed by atoms with Crippen LogP contribution in [-0.2, 0) is 4.74 Å². The van der Waals surface area contributed by atoms with E-state index in [1.54, 1.807) is 18.0 Å². The molecule has 0 spiro atoms. The van der Waals surface area contributed by atoms with Gasteiger partial charge in [0.1, 0.15) is 5.82 Å². The molecule has 76 valence electrons. The summed E-state index contributed by atoms with van der Waals surface area (Å²) in [6.07, 6.45) is 2.98. The third kappa shape index (κ3) is 2.42. The van der Waals surface area contributed by atoms with E-state index in [1.807, 2.05) is 14.1 Å². The van der Waals surface area contributed by atoms with Gasteiger partial charge in [-0.1, -0.05) is 0 Å². The average molecular weight is 195 g/mol. The van der Waals surface area contributed by atoms with Gasteiger partial charge in [0.05, 0.1) is 19.0 Å². The van der Waals surface area contributed by atoms with Crippen LogP contribution in [-0.4, -0.2) is 36.6 Å². The number of ether oxygens (including phenoxy) is 1. The van der Waals surface area contributed by atoms with Crippen molar-refractivity contribution < 1.29 is 9.53 Å². The fourth-order valence-corrected chi connectivity index (χ4v) is 0.875. The van der Waals surface area contributed by atoms with Crippen molar-refractivity contribution in [3.8, 4) is 0 Å². The molecule has 5 nitrogen and oxygen atoms in total. The van der Waals surface area contributed by atoms with E-state index in [0.29, 0.717) is 12.4 Å². The summed E-state index contributed by atoms with van der Waals surface area (Å²) in [6, 6.07) is 0. The normalized spacial score (nSPS) is 9.64. The van der Waals surface area contributed by atoms with E-state index in [-0.39, 0.29) is 5.69 Å². The Balaban J connectivity index is 2.88. The van der Waals surface area contributed by atoms with Crippen molar-refractivity contribution in [3.05, 3.63) is 18.1 Å². The van der Waals surface area contributed by atoms with Crippen LogP contribution in [0.3, 0.4) is 0 Å². The average Bonchev–Trinajstić information content (AvgIpc) is 2.18. The Morgan fingerprint density at radius 1 is 1.50 bits per heavy atom. The van der Waals surface area contributed by atoms with Crippen LogP contribution >= 0.6 is 0 Å². The zero-order chi connectivity index (χ0) is 10.6. The van der Waals surface area contributed by atoms with Crippen molar-refractivity contribution in [3.63, 3.8) is 0 Å². The van der Waals surface area contributed by atoms with Gasteiger partial charge >= 0.3 is 5.97 Å². The topological polar surface area (TPSA) is 55.3 Å². The first-order valence-electron chi connectivity index (χ1n) is 4.31. The van der Waals surface area contributed by atoms with Crippen LogP contribution in [0.25, 0.3) is 0 Å². The van der Waals surface area contributed by atoms with Crippen molar-refractivity contribution >= 4 is 11.8 Å². The molecule has 1 aromatic rings. The molecule has 1 heterocycles. The van der Waals surface area contributed by atoms with E-state index in [2.05, 4.69) is 9.97 Å². The molecule has 14 heavy (non-hydrogen) atoms. The molecule has 0 saturated heterocycles. The summed E-state index contributed by atoms with van der Waals surface area (Å²) in [5.74, 6) is 0.194. The summed E-state index contributed by atoms with van der Waals surface area (Å²) in [5.41, 5.74) is 0.234. The molecule has 0 bridgehead atoms. The van der Waals surface area contributed by atoms with Gasteiger partial charge in [-0.25, -0.2) is 9.78 Å². The standard InChI is InChI=1S/C9H13N3O2/c1-4-14-9(13)7-5-10-6-8(11-7)12(2)3/h5-6H,4H2,1-3H3. The highest BCUT2D eigenvalue weighted by molar-refractivity contribution is 5.87. The number of carbonyl (C=O) groups is 1. The predicted molar refractivity (Wildman–Crippen MR) is 52.3 cm³/mol. The Morgan fingerprint density at radius 3 is 2.79 bits per heavy atom. The lowest BCUT2D eigenvalue weighted by Gasteiger charge is -2.10. The van der Waals surface area contributed by atoms with E-state index in [1.165, 1.54) is 6.20 Å². The van der Waals surface area contributed by atoms with Gasteiger partial charge in [0, 0.05) is 14.1 Å². The van der Waals surface area contributed by atoms with Crippen LogP contribution in [0, 0.1) is 0 Å². The molecule has 0 amide bonds. The number of nitrogens with zero attached hydrogens (tertiary/aromatic N) is 3. The monoisotopic (exact) mass is 195 g/mol. The summed E-state index contributed by atoms with van der Waals surface area (Å²) in [7, 11) is 3.66. The van der Waals surface area contributed by atoms with Crippen LogP contribution in [0.2, 0.25) is 0 Å². The Morgan fingerprint density at radius 2 is 2.21 bits per heavy atom. The van der Waals surface area contributed by atoms with Gasteiger partial charge in [0.2, 0.25) is 0 Å². The van der Waals surface area contributed by atoms with Crippen molar-refractivity contribution in [1.29, 1.82) is 0 Å². The lowest BCUT2D eigenvalue weighted by atomic mass is 10.4. The third-order valence-corrected chi connectivity index (χ3v) is 1.56. The molecule has 0 radical (unpaired) electrons. The van der Waals surface area contributed by atoms with Gasteiger partial charge in [-0.05, 0) is 6.92 Å². The van der Waals surface area contributed by atoms with Crippen LogP contribution in [0.15, 0.2) is 12.4 Å². The summed E-state index contributed by atoms with van der Waals surface area (Å²) in [4.78, 5) is 21.0. The van der Waals surface area contributed by atoms with E-state index < -0.39 is 5.97 Å². The molecule has 0 aliphatic heterocycles. The molecule has 0 fully saturated rings. The van der Waals surface area contributed by atoms with Crippen molar-refractivity contribution in [1.82, 2.24) is 9.97 Å². The molecule has 1 aromatic heterocycles. The molecule has 5 heteroatoms. The number of hydrogen-bond acceptors (Lipinski definition) is 5. The smallest absolute Gasteiger partial charge is 0.358 e. The number of carbonyl (C=O) groups excluding carboxylic acids is 1. The minimum atomic E-state index is -0.441. The highest BCUT2D eigenvalue weighted by Crippen LogP contribution is 2.06. The summed E-state index contributed by atoms with van der Waals surface area (Å²) in [5, 5.41) is 0. The molecule has 0 aromatic carbocycles. The maximum absolute atomic E-state index is 11.3. The zero-order valence-corrected chi connectivity index (χ0v) is 8.52. The van der Waals surface area contributed by atoms with E-state index >= 15 is 0 Å². The van der Waals surface area contributed by atoms with E-state index in [9.17, 15) is 4.79 Å². The van der Waals surface area contributed by atoms with Gasteiger partial charge < -0.3 is 9.64 Å². The SMILES string of the molecule is CCOC(=O)c1cncc(N(C)C)n1. The van der Waals surface area contributed by atoms with Crippen molar-refractivity contribution in [2.24, 2.45) is 0 Å². The maximum atomic E-state index is 11.3. The number of aromatic nitrogens is 2. The van der Waals surface area contributed by atoms with Crippen LogP contribution in [0.1, 0.15) is 17.4 Å². The van der Waals surface area contributed by atoms with Gasteiger partial charge in [-0.2, -0.15) is 0 Å². The summed E-state index contributed by atoms with van der Waals surface area (Å²) >= 11 is 0. The number of anilines is 1. The van der Waals surface area contributed by atoms with Gasteiger partial charge in [0.25, 0.3) is 0 Å². The maximum Gasteiger partial charge on any atom is 0.358 e. The highest BCUT2D eigenvalue weighted by Gasteiger charge is 2.09. The minimum Gasteiger partial charge on any atom is -0.461 e. The largest absolute Gasteiger partial charge is 0.461 e. The molecule has 0 saturated carbocycles. The first kappa shape index (κ1) is 10.4. The highest BCUT2D eigenvalue weighted by atomic mass is 16.5. The molecule has 1 rings (SSSR count). The number of esters is 1. The third-order valence-electron chi connectivity index (χ3n) is 1.56. The van der Waals surface area contributed by atoms with Crippen LogP contribution < -0.4 is 4.90 Å². The van der Waals surface area contributed by atoms with E-state index in [0.717, 1.165) is 0 Å². The molecule has 0 aliphatic carbocycles. The first-order chi connectivity index (χ1) is 6.65. The second-order valence-corrected chi connectivity index (χ2v) is 2.88. The molecular formula is C9H13N3O2. The second-order valence-electron chi connectivity index (χ2n) is 2.88. The second kappa shape index (κ2) is 4.55. The van der Waals surface area contributed by atoms with Gasteiger partial charge in [-0.3, -0.25) is 4.98 Å². The quantitative estimate of drug-likeness (QED) is 0.665. The molecule has 0 N–H and O–H groups in total. The van der Waals surface area contributed by atoms with Crippen molar-refractivity contribution in [2.75, 3.05) is 25.6 Å². The van der Waals surface area contributed by atoms with Gasteiger partial charge in [-0.15, -0.1) is 0 Å². The number of rotatable bonds is 3. The lowest BCUT2D eigenvalue weighted by molar-refractivity contribution is 0.0519. The van der Waals surface area contributed by atoms with Gasteiger partial charge in [0.15, 0.2) is 5.69 Å². The Kier molecular flexibility index (Phi) is 3.39. The Hall–Kier alpha value is -1.65. The first-order valence-corrected chi connectivity index (χ1v) is 4.31. The molecule has 0 aliphatic rings. The Bertz CT molecular complexity index is 326. The lowest BCUT2D eigenvalue weighted by Crippen LogP contribution is -2.14. The number of hydrogen-bond donors (Lipinski definition) is 0. The fourth-order valence-electron chi connectivity index (χ4n) is 0.875. The predicted octanol–water partition coefficient (Wildman–Crippen LogP) is 0.719.